The van der Waals surface area contributed by atoms with Crippen molar-refractivity contribution < 1.29 is 19.1 Å². The van der Waals surface area contributed by atoms with Crippen molar-refractivity contribution in [3.8, 4) is 10.4 Å². The lowest BCUT2D eigenvalue weighted by molar-refractivity contribution is 0.102. The first-order chi connectivity index (χ1) is 12.3. The standard InChI is InChI=1S/C18H17N2O4PS/c19-15-8-7-14(17-2-1-9-26-17)10-16(15)20-18(21)13-5-3-12(4-6-13)11-25(22,23)24/h1-10H,11,19H2,(H,20,21)(H2,22,23,24). The van der Waals surface area contributed by atoms with Gasteiger partial charge in [-0.05, 0) is 46.8 Å². The molecule has 1 heterocycles. The number of nitrogens with two attached hydrogens (primary N) is 1. The van der Waals surface area contributed by atoms with Crippen LogP contribution in [-0.2, 0) is 10.7 Å². The summed E-state index contributed by atoms with van der Waals surface area (Å²) in [7, 11) is -4.13. The molecule has 8 heteroatoms. The third-order valence-electron chi connectivity index (χ3n) is 3.71. The largest absolute Gasteiger partial charge is 0.397 e. The maximum atomic E-state index is 12.4. The van der Waals surface area contributed by atoms with E-state index in [4.69, 9.17) is 15.5 Å². The second kappa shape index (κ2) is 7.43. The van der Waals surface area contributed by atoms with Gasteiger partial charge in [0.15, 0.2) is 0 Å². The molecule has 0 aliphatic heterocycles. The quantitative estimate of drug-likeness (QED) is 0.391. The molecule has 26 heavy (non-hydrogen) atoms. The zero-order valence-corrected chi connectivity index (χ0v) is 15.3. The predicted octanol–water partition coefficient (Wildman–Crippen LogP) is 3.93. The Morgan fingerprint density at radius 2 is 1.85 bits per heavy atom. The smallest absolute Gasteiger partial charge is 0.329 e. The number of nitrogen functional groups attached to an aromatic ring is 1. The molecule has 0 bridgehead atoms. The van der Waals surface area contributed by atoms with Crippen LogP contribution in [0, 0.1) is 0 Å². The summed E-state index contributed by atoms with van der Waals surface area (Å²) in [5.41, 5.74) is 8.74. The van der Waals surface area contributed by atoms with Crippen molar-refractivity contribution in [2.75, 3.05) is 11.1 Å². The highest BCUT2D eigenvalue weighted by Gasteiger charge is 2.15. The minimum atomic E-state index is -4.13. The van der Waals surface area contributed by atoms with E-state index in [0.29, 0.717) is 22.5 Å². The molecular weight excluding hydrogens is 371 g/mol. The van der Waals surface area contributed by atoms with Gasteiger partial charge in [0, 0.05) is 10.4 Å². The maximum absolute atomic E-state index is 12.4. The second-order valence-corrected chi connectivity index (χ2v) is 8.35. The fraction of sp³-hybridized carbons (Fsp3) is 0.0556. The van der Waals surface area contributed by atoms with Crippen LogP contribution in [0.2, 0.25) is 0 Å². The Morgan fingerprint density at radius 3 is 2.46 bits per heavy atom. The zero-order valence-electron chi connectivity index (χ0n) is 13.6. The van der Waals surface area contributed by atoms with Crippen molar-refractivity contribution in [1.29, 1.82) is 0 Å². The van der Waals surface area contributed by atoms with Crippen LogP contribution in [0.3, 0.4) is 0 Å². The van der Waals surface area contributed by atoms with Gasteiger partial charge in [0.1, 0.15) is 0 Å². The topological polar surface area (TPSA) is 113 Å². The summed E-state index contributed by atoms with van der Waals surface area (Å²) in [4.78, 5) is 31.5. The first-order valence-corrected chi connectivity index (χ1v) is 10.4. The average Bonchev–Trinajstić information content (AvgIpc) is 3.10. The van der Waals surface area contributed by atoms with E-state index >= 15 is 0 Å². The molecule has 0 spiro atoms. The first-order valence-electron chi connectivity index (χ1n) is 7.70. The molecule has 5 N–H and O–H groups in total. The molecule has 134 valence electrons. The number of rotatable bonds is 5. The van der Waals surface area contributed by atoms with E-state index in [-0.39, 0.29) is 12.1 Å². The molecule has 3 aromatic rings. The highest BCUT2D eigenvalue weighted by atomic mass is 32.1. The van der Waals surface area contributed by atoms with Crippen molar-refractivity contribution in [2.45, 2.75) is 6.16 Å². The van der Waals surface area contributed by atoms with Crippen molar-refractivity contribution in [3.63, 3.8) is 0 Å². The fourth-order valence-corrected chi connectivity index (χ4v) is 3.86. The summed E-state index contributed by atoms with van der Waals surface area (Å²) in [5.74, 6) is -0.345. The molecular formula is C18H17N2O4PS. The lowest BCUT2D eigenvalue weighted by Gasteiger charge is -2.11. The van der Waals surface area contributed by atoms with Gasteiger partial charge in [0.05, 0.1) is 17.5 Å². The summed E-state index contributed by atoms with van der Waals surface area (Å²) < 4.78 is 11.0. The second-order valence-electron chi connectivity index (χ2n) is 5.75. The monoisotopic (exact) mass is 388 g/mol. The van der Waals surface area contributed by atoms with Gasteiger partial charge < -0.3 is 20.8 Å². The summed E-state index contributed by atoms with van der Waals surface area (Å²) in [6.45, 7) is 0. The Hall–Kier alpha value is -2.44. The third-order valence-corrected chi connectivity index (χ3v) is 5.41. The van der Waals surface area contributed by atoms with Crippen molar-refractivity contribution in [1.82, 2.24) is 0 Å². The number of hydrogen-bond acceptors (Lipinski definition) is 4. The number of carbonyl (C=O) groups is 1. The maximum Gasteiger partial charge on any atom is 0.329 e. The molecule has 0 aliphatic rings. The summed E-state index contributed by atoms with van der Waals surface area (Å²) in [5, 5.41) is 4.76. The van der Waals surface area contributed by atoms with E-state index in [1.54, 1.807) is 17.4 Å². The Labute approximate surface area is 154 Å². The predicted molar refractivity (Wildman–Crippen MR) is 104 cm³/mol. The van der Waals surface area contributed by atoms with E-state index in [1.165, 1.54) is 24.3 Å². The van der Waals surface area contributed by atoms with E-state index < -0.39 is 7.60 Å². The van der Waals surface area contributed by atoms with Gasteiger partial charge in [-0.3, -0.25) is 9.36 Å². The number of amides is 1. The van der Waals surface area contributed by atoms with Gasteiger partial charge >= 0.3 is 7.60 Å². The van der Waals surface area contributed by atoms with Crippen LogP contribution >= 0.6 is 18.9 Å². The molecule has 1 aromatic heterocycles. The molecule has 0 atom stereocenters. The molecule has 0 radical (unpaired) electrons. The van der Waals surface area contributed by atoms with Crippen LogP contribution < -0.4 is 11.1 Å². The number of thiophene rings is 1. The molecule has 1 amide bonds. The van der Waals surface area contributed by atoms with Crippen molar-refractivity contribution >= 4 is 36.2 Å². The van der Waals surface area contributed by atoms with Gasteiger partial charge in [-0.2, -0.15) is 0 Å². The van der Waals surface area contributed by atoms with Gasteiger partial charge in [-0.25, -0.2) is 0 Å². The van der Waals surface area contributed by atoms with E-state index in [9.17, 15) is 9.36 Å². The van der Waals surface area contributed by atoms with Gasteiger partial charge in [0.25, 0.3) is 5.91 Å². The summed E-state index contributed by atoms with van der Waals surface area (Å²) >= 11 is 1.59. The molecule has 0 unspecified atom stereocenters. The minimum Gasteiger partial charge on any atom is -0.397 e. The number of hydrogen-bond donors (Lipinski definition) is 4. The normalized spacial score (nSPS) is 11.3. The molecule has 6 nitrogen and oxygen atoms in total. The van der Waals surface area contributed by atoms with E-state index in [0.717, 1.165) is 10.4 Å². The van der Waals surface area contributed by atoms with Gasteiger partial charge in [-0.1, -0.05) is 24.3 Å². The molecule has 0 saturated carbocycles. The minimum absolute atomic E-state index is 0.345. The highest BCUT2D eigenvalue weighted by molar-refractivity contribution is 7.50. The molecule has 0 aliphatic carbocycles. The van der Waals surface area contributed by atoms with Crippen molar-refractivity contribution in [3.05, 3.63) is 71.1 Å². The van der Waals surface area contributed by atoms with Gasteiger partial charge in [0.2, 0.25) is 0 Å². The number of nitrogens with one attached hydrogen (secondary N) is 1. The first kappa shape index (κ1) is 18.4. The lowest BCUT2D eigenvalue weighted by atomic mass is 10.1. The van der Waals surface area contributed by atoms with Crippen LogP contribution in [-0.4, -0.2) is 15.7 Å². The molecule has 2 aromatic carbocycles. The van der Waals surface area contributed by atoms with Crippen LogP contribution in [0.4, 0.5) is 11.4 Å². The number of anilines is 2. The van der Waals surface area contributed by atoms with Gasteiger partial charge in [-0.15, -0.1) is 11.3 Å². The SMILES string of the molecule is Nc1ccc(-c2cccs2)cc1NC(=O)c1ccc(CP(=O)(O)O)cc1. The van der Waals surface area contributed by atoms with Crippen LogP contribution in [0.5, 0.6) is 0 Å². The van der Waals surface area contributed by atoms with Crippen LogP contribution in [0.25, 0.3) is 10.4 Å². The molecule has 0 fully saturated rings. The van der Waals surface area contributed by atoms with Crippen LogP contribution in [0.15, 0.2) is 60.0 Å². The Morgan fingerprint density at radius 1 is 1.12 bits per heavy atom. The Balaban J connectivity index is 1.77. The van der Waals surface area contributed by atoms with E-state index in [2.05, 4.69) is 5.32 Å². The summed E-state index contributed by atoms with van der Waals surface area (Å²) in [6, 6.07) is 15.5. The summed E-state index contributed by atoms with van der Waals surface area (Å²) in [6.07, 6.45) is -0.356. The molecule has 3 rings (SSSR count). The lowest BCUT2D eigenvalue weighted by Crippen LogP contribution is -2.13. The van der Waals surface area contributed by atoms with Crippen molar-refractivity contribution in [2.24, 2.45) is 0 Å². The third kappa shape index (κ3) is 4.59. The Kier molecular flexibility index (Phi) is 5.25. The number of benzene rings is 2. The average molecular weight is 388 g/mol. The number of carbonyl (C=O) groups excluding carboxylic acids is 1. The molecule has 0 saturated heterocycles. The fourth-order valence-electron chi connectivity index (χ4n) is 2.45. The van der Waals surface area contributed by atoms with E-state index in [1.807, 2.05) is 29.6 Å². The highest BCUT2D eigenvalue weighted by Crippen LogP contribution is 2.39. The van der Waals surface area contributed by atoms with Crippen LogP contribution in [0.1, 0.15) is 15.9 Å². The Bertz CT molecular complexity index is 965. The zero-order chi connectivity index (χ0) is 18.7.